The highest BCUT2D eigenvalue weighted by molar-refractivity contribution is 14.0. The van der Waals surface area contributed by atoms with Crippen molar-refractivity contribution in [2.45, 2.75) is 57.6 Å². The number of aliphatic hydroxyl groups is 1. The van der Waals surface area contributed by atoms with Gasteiger partial charge in [0.15, 0.2) is 5.96 Å². The van der Waals surface area contributed by atoms with Crippen LogP contribution in [0, 0.1) is 0 Å². The molecule has 1 saturated heterocycles. The summed E-state index contributed by atoms with van der Waals surface area (Å²) in [5.74, 6) is 0.936. The molecule has 3 rings (SSSR count). The topological polar surface area (TPSA) is 77.0 Å². The van der Waals surface area contributed by atoms with E-state index < -0.39 is 5.60 Å². The van der Waals surface area contributed by atoms with Crippen molar-refractivity contribution in [2.75, 3.05) is 24.5 Å². The fourth-order valence-corrected chi connectivity index (χ4v) is 3.67. The summed E-state index contributed by atoms with van der Waals surface area (Å²) < 4.78 is 0. The Morgan fingerprint density at radius 2 is 1.89 bits per heavy atom. The largest absolute Gasteiger partial charge is 0.388 e. The van der Waals surface area contributed by atoms with Gasteiger partial charge in [0.1, 0.15) is 0 Å². The molecule has 1 amide bonds. The number of benzene rings is 1. The summed E-state index contributed by atoms with van der Waals surface area (Å²) in [6, 6.07) is 8.04. The van der Waals surface area contributed by atoms with Gasteiger partial charge in [-0.1, -0.05) is 25.0 Å². The third-order valence-electron chi connectivity index (χ3n) is 5.20. The van der Waals surface area contributed by atoms with Crippen molar-refractivity contribution in [3.63, 3.8) is 0 Å². The van der Waals surface area contributed by atoms with Crippen molar-refractivity contribution in [1.29, 1.82) is 0 Å². The summed E-state index contributed by atoms with van der Waals surface area (Å²) in [4.78, 5) is 18.3. The van der Waals surface area contributed by atoms with Crippen molar-refractivity contribution in [3.8, 4) is 0 Å². The van der Waals surface area contributed by atoms with E-state index >= 15 is 0 Å². The number of nitrogens with zero attached hydrogens (tertiary/aromatic N) is 2. The Bertz CT molecular complexity index is 642. The maximum Gasteiger partial charge on any atom is 0.227 e. The van der Waals surface area contributed by atoms with Crippen LogP contribution in [0.4, 0.5) is 5.69 Å². The molecule has 7 heteroatoms. The van der Waals surface area contributed by atoms with Crippen LogP contribution in [-0.2, 0) is 11.3 Å². The van der Waals surface area contributed by atoms with Crippen LogP contribution in [0.3, 0.4) is 0 Å². The van der Waals surface area contributed by atoms with E-state index in [1.165, 1.54) is 0 Å². The van der Waals surface area contributed by atoms with Gasteiger partial charge in [-0.05, 0) is 43.9 Å². The number of hydrogen-bond acceptors (Lipinski definition) is 3. The Morgan fingerprint density at radius 1 is 1.19 bits per heavy atom. The first-order chi connectivity index (χ1) is 12.6. The van der Waals surface area contributed by atoms with Crippen molar-refractivity contribution in [3.05, 3.63) is 29.8 Å². The summed E-state index contributed by atoms with van der Waals surface area (Å²) >= 11 is 0. The van der Waals surface area contributed by atoms with E-state index in [4.69, 9.17) is 0 Å². The van der Waals surface area contributed by atoms with Gasteiger partial charge in [-0.3, -0.25) is 4.79 Å². The molecule has 1 saturated carbocycles. The number of nitrogens with one attached hydrogen (secondary N) is 2. The zero-order valence-electron chi connectivity index (χ0n) is 16.0. The Kier molecular flexibility index (Phi) is 8.34. The molecule has 0 atom stereocenters. The third kappa shape index (κ3) is 6.07. The van der Waals surface area contributed by atoms with Gasteiger partial charge in [-0.25, -0.2) is 4.99 Å². The fraction of sp³-hybridized carbons (Fsp3) is 0.600. The summed E-state index contributed by atoms with van der Waals surface area (Å²) in [6.45, 7) is 4.72. The molecule has 2 aliphatic rings. The van der Waals surface area contributed by atoms with Crippen LogP contribution in [-0.4, -0.2) is 42.2 Å². The van der Waals surface area contributed by atoms with Crippen LogP contribution in [0.1, 0.15) is 51.0 Å². The second-order valence-electron chi connectivity index (χ2n) is 7.30. The van der Waals surface area contributed by atoms with Crippen LogP contribution >= 0.6 is 24.0 Å². The van der Waals surface area contributed by atoms with E-state index in [0.29, 0.717) is 19.5 Å². The van der Waals surface area contributed by atoms with Crippen LogP contribution < -0.4 is 15.5 Å². The zero-order chi connectivity index (χ0) is 18.4. The number of hydrogen-bond donors (Lipinski definition) is 3. The molecule has 1 heterocycles. The molecule has 27 heavy (non-hydrogen) atoms. The second kappa shape index (κ2) is 10.3. The maximum absolute atomic E-state index is 11.8. The highest BCUT2D eigenvalue weighted by Crippen LogP contribution is 2.28. The van der Waals surface area contributed by atoms with E-state index in [2.05, 4.69) is 15.6 Å². The SMILES string of the molecule is CCNC(=NCc1ccc(N2CCCC2=O)cc1)NCC1(O)CCCC1.I. The molecule has 0 radical (unpaired) electrons. The molecule has 0 unspecified atom stereocenters. The lowest BCUT2D eigenvalue weighted by Gasteiger charge is -2.23. The minimum atomic E-state index is -0.597. The maximum atomic E-state index is 11.8. The molecule has 1 aliphatic carbocycles. The average molecular weight is 486 g/mol. The number of amides is 1. The Labute approximate surface area is 178 Å². The van der Waals surface area contributed by atoms with Crippen molar-refractivity contribution >= 4 is 41.5 Å². The average Bonchev–Trinajstić information content (AvgIpc) is 3.27. The molecule has 6 nitrogen and oxygen atoms in total. The lowest BCUT2D eigenvalue weighted by atomic mass is 10.0. The number of anilines is 1. The first-order valence-corrected chi connectivity index (χ1v) is 9.73. The minimum Gasteiger partial charge on any atom is -0.388 e. The number of rotatable bonds is 6. The van der Waals surface area contributed by atoms with Gasteiger partial charge < -0.3 is 20.6 Å². The third-order valence-corrected chi connectivity index (χ3v) is 5.20. The normalized spacial score (nSPS) is 19.1. The highest BCUT2D eigenvalue weighted by Gasteiger charge is 2.30. The monoisotopic (exact) mass is 486 g/mol. The summed E-state index contributed by atoms with van der Waals surface area (Å²) in [6.07, 6.45) is 5.49. The lowest BCUT2D eigenvalue weighted by Crippen LogP contribution is -2.46. The van der Waals surface area contributed by atoms with Crippen molar-refractivity contribution < 1.29 is 9.90 Å². The van der Waals surface area contributed by atoms with Crippen molar-refractivity contribution in [2.24, 2.45) is 4.99 Å². The smallest absolute Gasteiger partial charge is 0.227 e. The molecule has 1 aromatic carbocycles. The standard InChI is InChI=1S/C20H30N4O2.HI/c1-2-21-19(23-15-20(26)11-3-4-12-20)22-14-16-7-9-17(10-8-16)24-13-5-6-18(24)25;/h7-10,26H,2-6,11-15H2,1H3,(H2,21,22,23);1H. The highest BCUT2D eigenvalue weighted by atomic mass is 127. The summed E-state index contributed by atoms with van der Waals surface area (Å²) in [5, 5.41) is 17.0. The van der Waals surface area contributed by atoms with Gasteiger partial charge in [-0.2, -0.15) is 0 Å². The van der Waals surface area contributed by atoms with Crippen LogP contribution in [0.25, 0.3) is 0 Å². The first-order valence-electron chi connectivity index (χ1n) is 9.73. The predicted octanol–water partition coefficient (Wildman–Crippen LogP) is 2.79. The van der Waals surface area contributed by atoms with Gasteiger partial charge in [0.2, 0.25) is 5.91 Å². The molecule has 0 bridgehead atoms. The first kappa shape index (κ1) is 21.9. The number of guanidine groups is 1. The zero-order valence-corrected chi connectivity index (χ0v) is 18.4. The van der Waals surface area contributed by atoms with Crippen molar-refractivity contribution in [1.82, 2.24) is 10.6 Å². The van der Waals surface area contributed by atoms with Gasteiger partial charge >= 0.3 is 0 Å². The predicted molar refractivity (Wildman–Crippen MR) is 120 cm³/mol. The summed E-state index contributed by atoms with van der Waals surface area (Å²) in [5.41, 5.74) is 1.46. The molecule has 2 fully saturated rings. The van der Waals surface area contributed by atoms with E-state index in [1.807, 2.05) is 36.1 Å². The molecule has 3 N–H and O–H groups in total. The van der Waals surface area contributed by atoms with Crippen LogP contribution in [0.5, 0.6) is 0 Å². The van der Waals surface area contributed by atoms with E-state index in [9.17, 15) is 9.90 Å². The molecular formula is C20H31IN4O2. The number of aliphatic imine (C=N–C) groups is 1. The Morgan fingerprint density at radius 3 is 2.48 bits per heavy atom. The van der Waals surface area contributed by atoms with Gasteiger partial charge in [0, 0.05) is 31.7 Å². The molecule has 1 aromatic rings. The minimum absolute atomic E-state index is 0. The molecule has 1 aliphatic heterocycles. The molecule has 150 valence electrons. The Hall–Kier alpha value is -1.35. The van der Waals surface area contributed by atoms with Crippen LogP contribution in [0.2, 0.25) is 0 Å². The van der Waals surface area contributed by atoms with Crippen LogP contribution in [0.15, 0.2) is 29.3 Å². The van der Waals surface area contributed by atoms with Gasteiger partial charge in [0.25, 0.3) is 0 Å². The number of carbonyl (C=O) groups is 1. The molecule has 0 spiro atoms. The van der Waals surface area contributed by atoms with E-state index in [0.717, 1.165) is 62.4 Å². The quantitative estimate of drug-likeness (QED) is 0.329. The molecular weight excluding hydrogens is 455 g/mol. The summed E-state index contributed by atoms with van der Waals surface area (Å²) in [7, 11) is 0. The number of carbonyl (C=O) groups excluding carboxylic acids is 1. The fourth-order valence-electron chi connectivity index (χ4n) is 3.67. The second-order valence-corrected chi connectivity index (χ2v) is 7.30. The Balaban J connectivity index is 0.00000261. The molecule has 0 aromatic heterocycles. The van der Waals surface area contributed by atoms with Gasteiger partial charge in [0.05, 0.1) is 12.1 Å². The van der Waals surface area contributed by atoms with E-state index in [1.54, 1.807) is 0 Å². The van der Waals surface area contributed by atoms with E-state index in [-0.39, 0.29) is 29.9 Å². The number of halogens is 1. The lowest BCUT2D eigenvalue weighted by molar-refractivity contribution is -0.117. The van der Waals surface area contributed by atoms with Gasteiger partial charge in [-0.15, -0.1) is 24.0 Å².